The SMILES string of the molecule is CC(C)Cc1ccc(S(=O)(=O)NCc2nc3ccccc3c(=O)n2C)cc1. The molecular weight excluding hydrogens is 362 g/mol. The highest BCUT2D eigenvalue weighted by Crippen LogP contribution is 2.14. The molecule has 0 saturated carbocycles. The van der Waals surface area contributed by atoms with E-state index in [2.05, 4.69) is 23.6 Å². The van der Waals surface area contributed by atoms with E-state index in [9.17, 15) is 13.2 Å². The molecule has 0 unspecified atom stereocenters. The van der Waals surface area contributed by atoms with Crippen LogP contribution < -0.4 is 10.3 Å². The Bertz CT molecular complexity index is 1120. The fourth-order valence-corrected chi connectivity index (χ4v) is 3.92. The summed E-state index contributed by atoms with van der Waals surface area (Å²) in [5.74, 6) is 0.865. The Hall–Kier alpha value is -2.51. The summed E-state index contributed by atoms with van der Waals surface area (Å²) in [6.45, 7) is 4.17. The van der Waals surface area contributed by atoms with Gasteiger partial charge in [-0.15, -0.1) is 0 Å². The van der Waals surface area contributed by atoms with E-state index in [1.54, 1.807) is 43.4 Å². The van der Waals surface area contributed by atoms with Gasteiger partial charge >= 0.3 is 0 Å². The fraction of sp³-hybridized carbons (Fsp3) is 0.300. The molecule has 0 fully saturated rings. The van der Waals surface area contributed by atoms with Crippen LogP contribution in [0.4, 0.5) is 0 Å². The lowest BCUT2D eigenvalue weighted by atomic mass is 10.0. The van der Waals surface area contributed by atoms with Crippen LogP contribution in [0.3, 0.4) is 0 Å². The van der Waals surface area contributed by atoms with E-state index in [-0.39, 0.29) is 17.0 Å². The van der Waals surface area contributed by atoms with Crippen molar-refractivity contribution in [2.24, 2.45) is 13.0 Å². The molecule has 142 valence electrons. The number of nitrogens with zero attached hydrogens (tertiary/aromatic N) is 2. The van der Waals surface area contributed by atoms with Crippen molar-refractivity contribution in [2.75, 3.05) is 0 Å². The molecule has 0 spiro atoms. The maximum atomic E-state index is 12.6. The van der Waals surface area contributed by atoms with E-state index >= 15 is 0 Å². The van der Waals surface area contributed by atoms with Crippen LogP contribution in [-0.4, -0.2) is 18.0 Å². The molecule has 6 nitrogen and oxygen atoms in total. The second kappa shape index (κ2) is 7.62. The Morgan fingerprint density at radius 1 is 1.07 bits per heavy atom. The largest absolute Gasteiger partial charge is 0.298 e. The molecule has 7 heteroatoms. The van der Waals surface area contributed by atoms with Gasteiger partial charge in [0.05, 0.1) is 22.3 Å². The number of benzene rings is 2. The Kier molecular flexibility index (Phi) is 5.43. The van der Waals surface area contributed by atoms with Crippen molar-refractivity contribution in [3.63, 3.8) is 0 Å². The smallest absolute Gasteiger partial charge is 0.261 e. The number of rotatable bonds is 6. The van der Waals surface area contributed by atoms with Gasteiger partial charge in [0.2, 0.25) is 10.0 Å². The summed E-state index contributed by atoms with van der Waals surface area (Å²) in [6.07, 6.45) is 0.900. The number of nitrogens with one attached hydrogen (secondary N) is 1. The number of hydrogen-bond acceptors (Lipinski definition) is 4. The van der Waals surface area contributed by atoms with Crippen molar-refractivity contribution in [3.8, 4) is 0 Å². The van der Waals surface area contributed by atoms with Gasteiger partial charge in [0, 0.05) is 7.05 Å². The minimum absolute atomic E-state index is 0.0628. The van der Waals surface area contributed by atoms with Crippen molar-refractivity contribution in [1.29, 1.82) is 0 Å². The van der Waals surface area contributed by atoms with Gasteiger partial charge in [-0.3, -0.25) is 9.36 Å². The van der Waals surface area contributed by atoms with E-state index < -0.39 is 10.0 Å². The van der Waals surface area contributed by atoms with E-state index in [1.165, 1.54) is 4.57 Å². The molecule has 0 aliphatic carbocycles. The zero-order valence-electron chi connectivity index (χ0n) is 15.6. The summed E-state index contributed by atoms with van der Waals surface area (Å²) in [7, 11) is -2.10. The Labute approximate surface area is 158 Å². The molecule has 3 aromatic rings. The third kappa shape index (κ3) is 4.26. The molecule has 1 heterocycles. The number of aromatic nitrogens is 2. The molecule has 1 aromatic heterocycles. The molecule has 0 amide bonds. The van der Waals surface area contributed by atoms with Crippen molar-refractivity contribution in [3.05, 3.63) is 70.3 Å². The first kappa shape index (κ1) is 19.3. The van der Waals surface area contributed by atoms with Gasteiger partial charge in [0.15, 0.2) is 0 Å². The molecule has 27 heavy (non-hydrogen) atoms. The number of fused-ring (bicyclic) bond motifs is 1. The normalized spacial score (nSPS) is 12.0. The average molecular weight is 385 g/mol. The molecule has 1 N–H and O–H groups in total. The van der Waals surface area contributed by atoms with Crippen LogP contribution in [0, 0.1) is 5.92 Å². The highest BCUT2D eigenvalue weighted by molar-refractivity contribution is 7.89. The molecule has 0 radical (unpaired) electrons. The average Bonchev–Trinajstić information content (AvgIpc) is 2.63. The lowest BCUT2D eigenvalue weighted by molar-refractivity contribution is 0.576. The third-order valence-electron chi connectivity index (χ3n) is 4.37. The molecule has 0 aliphatic heterocycles. The number of para-hydroxylation sites is 1. The lowest BCUT2D eigenvalue weighted by Gasteiger charge is -2.11. The molecule has 3 rings (SSSR count). The summed E-state index contributed by atoms with van der Waals surface area (Å²) in [5, 5.41) is 0.507. The van der Waals surface area contributed by atoms with Crippen molar-refractivity contribution in [2.45, 2.75) is 31.7 Å². The maximum Gasteiger partial charge on any atom is 0.261 e. The van der Waals surface area contributed by atoms with E-state index in [4.69, 9.17) is 0 Å². The molecule has 0 bridgehead atoms. The summed E-state index contributed by atoms with van der Waals surface area (Å²) in [5.41, 5.74) is 1.45. The first-order valence-electron chi connectivity index (χ1n) is 8.81. The summed E-state index contributed by atoms with van der Waals surface area (Å²) in [6, 6.07) is 13.9. The molecule has 0 saturated heterocycles. The van der Waals surface area contributed by atoms with E-state index in [0.29, 0.717) is 22.6 Å². The Morgan fingerprint density at radius 2 is 1.74 bits per heavy atom. The Balaban J connectivity index is 1.82. The van der Waals surface area contributed by atoms with Gasteiger partial charge in [-0.25, -0.2) is 18.1 Å². The quantitative estimate of drug-likeness (QED) is 0.707. The van der Waals surface area contributed by atoms with Gasteiger partial charge in [-0.05, 0) is 42.2 Å². The summed E-state index contributed by atoms with van der Waals surface area (Å²) in [4.78, 5) is 17.0. The summed E-state index contributed by atoms with van der Waals surface area (Å²) < 4.78 is 29.1. The lowest BCUT2D eigenvalue weighted by Crippen LogP contribution is -2.29. The standard InChI is InChI=1S/C20H23N3O3S/c1-14(2)12-15-8-10-16(11-9-15)27(25,26)21-13-19-22-18-7-5-4-6-17(18)20(24)23(19)3/h4-11,14,21H,12-13H2,1-3H3. The van der Waals surface area contributed by atoms with Gasteiger partial charge in [0.25, 0.3) is 5.56 Å². The van der Waals surface area contributed by atoms with Gasteiger partial charge in [-0.1, -0.05) is 38.1 Å². The summed E-state index contributed by atoms with van der Waals surface area (Å²) >= 11 is 0. The van der Waals surface area contributed by atoms with Crippen LogP contribution in [0.5, 0.6) is 0 Å². The third-order valence-corrected chi connectivity index (χ3v) is 5.79. The zero-order chi connectivity index (χ0) is 19.6. The second-order valence-electron chi connectivity index (χ2n) is 6.98. The van der Waals surface area contributed by atoms with Crippen LogP contribution in [0.1, 0.15) is 25.2 Å². The number of sulfonamides is 1. The molecule has 0 aliphatic rings. The van der Waals surface area contributed by atoms with Crippen LogP contribution in [0.15, 0.2) is 58.2 Å². The second-order valence-corrected chi connectivity index (χ2v) is 8.74. The van der Waals surface area contributed by atoms with Crippen molar-refractivity contribution in [1.82, 2.24) is 14.3 Å². The predicted molar refractivity (Wildman–Crippen MR) is 106 cm³/mol. The van der Waals surface area contributed by atoms with Crippen molar-refractivity contribution < 1.29 is 8.42 Å². The zero-order valence-corrected chi connectivity index (χ0v) is 16.5. The number of hydrogen-bond donors (Lipinski definition) is 1. The van der Waals surface area contributed by atoms with Crippen LogP contribution in [-0.2, 0) is 30.0 Å². The maximum absolute atomic E-state index is 12.6. The van der Waals surface area contributed by atoms with Crippen LogP contribution in [0.25, 0.3) is 10.9 Å². The van der Waals surface area contributed by atoms with Crippen molar-refractivity contribution >= 4 is 20.9 Å². The first-order chi connectivity index (χ1) is 12.8. The first-order valence-corrected chi connectivity index (χ1v) is 10.3. The molecule has 0 atom stereocenters. The topological polar surface area (TPSA) is 81.1 Å². The van der Waals surface area contributed by atoms with E-state index in [0.717, 1.165) is 12.0 Å². The highest BCUT2D eigenvalue weighted by atomic mass is 32.2. The van der Waals surface area contributed by atoms with E-state index in [1.807, 2.05) is 12.1 Å². The predicted octanol–water partition coefficient (Wildman–Crippen LogP) is 2.61. The van der Waals surface area contributed by atoms with Crippen LogP contribution in [0.2, 0.25) is 0 Å². The highest BCUT2D eigenvalue weighted by Gasteiger charge is 2.16. The Morgan fingerprint density at radius 3 is 2.41 bits per heavy atom. The minimum Gasteiger partial charge on any atom is -0.298 e. The van der Waals surface area contributed by atoms with Gasteiger partial charge in [-0.2, -0.15) is 0 Å². The van der Waals surface area contributed by atoms with Gasteiger partial charge < -0.3 is 0 Å². The fourth-order valence-electron chi connectivity index (χ4n) is 2.94. The van der Waals surface area contributed by atoms with Gasteiger partial charge in [0.1, 0.15) is 5.82 Å². The minimum atomic E-state index is -3.69. The monoisotopic (exact) mass is 385 g/mol. The molecule has 2 aromatic carbocycles. The molecular formula is C20H23N3O3S. The van der Waals surface area contributed by atoms with Crippen LogP contribution >= 0.6 is 0 Å².